The van der Waals surface area contributed by atoms with E-state index in [-0.39, 0.29) is 0 Å². The van der Waals surface area contributed by atoms with Crippen molar-refractivity contribution in [2.75, 3.05) is 0 Å². The van der Waals surface area contributed by atoms with E-state index in [2.05, 4.69) is 27.3 Å². The van der Waals surface area contributed by atoms with Crippen molar-refractivity contribution in [1.82, 2.24) is 24.5 Å². The maximum Gasteiger partial charge on any atom is 0.0853 e. The molecule has 0 saturated carbocycles. The average molecular weight is 267 g/mol. The first-order valence-electron chi connectivity index (χ1n) is 6.57. The monoisotopic (exact) mass is 267 g/mol. The zero-order valence-electron chi connectivity index (χ0n) is 12.1. The number of nitrogens with zero attached hydrogens (tertiary/aromatic N) is 5. The highest BCUT2D eigenvalue weighted by molar-refractivity contribution is 5.41. The van der Waals surface area contributed by atoms with E-state index >= 15 is 0 Å². The number of pyridine rings is 1. The summed E-state index contributed by atoms with van der Waals surface area (Å²) < 4.78 is 3.80. The van der Waals surface area contributed by atoms with Gasteiger partial charge >= 0.3 is 0 Å². The molecule has 20 heavy (non-hydrogen) atoms. The lowest BCUT2D eigenvalue weighted by Gasteiger charge is -2.08. The molecule has 0 bridgehead atoms. The van der Waals surface area contributed by atoms with Crippen LogP contribution in [-0.2, 0) is 0 Å². The summed E-state index contributed by atoms with van der Waals surface area (Å²) in [6.45, 7) is 8.05. The van der Waals surface area contributed by atoms with Gasteiger partial charge in [0.05, 0.1) is 35.2 Å². The molecule has 5 nitrogen and oxygen atoms in total. The second-order valence-electron chi connectivity index (χ2n) is 5.08. The molecule has 0 aliphatic heterocycles. The number of rotatable bonds is 2. The first-order chi connectivity index (χ1) is 9.54. The molecular weight excluding hydrogens is 250 g/mol. The quantitative estimate of drug-likeness (QED) is 0.717. The third-order valence-electron chi connectivity index (χ3n) is 3.22. The van der Waals surface area contributed by atoms with Gasteiger partial charge in [-0.3, -0.25) is 4.98 Å². The molecule has 0 amide bonds. The second kappa shape index (κ2) is 4.59. The van der Waals surface area contributed by atoms with Crippen molar-refractivity contribution in [3.8, 4) is 11.4 Å². The van der Waals surface area contributed by atoms with E-state index in [4.69, 9.17) is 0 Å². The number of aromatic nitrogens is 5. The van der Waals surface area contributed by atoms with E-state index in [1.807, 2.05) is 55.5 Å². The van der Waals surface area contributed by atoms with Crippen LogP contribution in [0, 0.1) is 27.7 Å². The van der Waals surface area contributed by atoms with Crippen LogP contribution in [0.2, 0.25) is 0 Å². The zero-order valence-corrected chi connectivity index (χ0v) is 12.1. The first kappa shape index (κ1) is 12.6. The van der Waals surface area contributed by atoms with Crippen LogP contribution in [0.15, 0.2) is 30.6 Å². The van der Waals surface area contributed by atoms with Gasteiger partial charge in [-0.25, -0.2) is 9.36 Å². The molecule has 3 aromatic rings. The molecule has 0 atom stereocenters. The smallest absolute Gasteiger partial charge is 0.0853 e. The van der Waals surface area contributed by atoms with Gasteiger partial charge in [-0.2, -0.15) is 10.2 Å². The highest BCUT2D eigenvalue weighted by Crippen LogP contribution is 2.16. The van der Waals surface area contributed by atoms with Crippen molar-refractivity contribution in [3.63, 3.8) is 0 Å². The van der Waals surface area contributed by atoms with Crippen LogP contribution in [0.25, 0.3) is 11.4 Å². The topological polar surface area (TPSA) is 48.5 Å². The fraction of sp³-hybridized carbons (Fsp3) is 0.267. The summed E-state index contributed by atoms with van der Waals surface area (Å²) in [7, 11) is 0. The Morgan fingerprint density at radius 2 is 1.15 bits per heavy atom. The molecule has 5 heteroatoms. The molecule has 0 aliphatic rings. The average Bonchev–Trinajstić information content (AvgIpc) is 2.91. The minimum atomic E-state index is 0.945. The standard InChI is InChI=1S/C15H17N5/c1-10-5-12(3)19(17-10)14-7-15(9-16-8-14)20-13(4)6-11(2)18-20/h5-9H,1-4H3. The largest absolute Gasteiger partial charge is 0.260 e. The molecule has 102 valence electrons. The molecule has 0 spiro atoms. The third kappa shape index (κ3) is 2.11. The van der Waals surface area contributed by atoms with E-state index in [0.717, 1.165) is 34.2 Å². The summed E-state index contributed by atoms with van der Waals surface area (Å²) in [5, 5.41) is 8.98. The van der Waals surface area contributed by atoms with Gasteiger partial charge in [0.2, 0.25) is 0 Å². The van der Waals surface area contributed by atoms with E-state index < -0.39 is 0 Å². The van der Waals surface area contributed by atoms with Crippen LogP contribution in [0.5, 0.6) is 0 Å². The molecule has 0 aliphatic carbocycles. The van der Waals surface area contributed by atoms with Crippen molar-refractivity contribution >= 4 is 0 Å². The van der Waals surface area contributed by atoms with E-state index in [1.165, 1.54) is 0 Å². The van der Waals surface area contributed by atoms with Gasteiger partial charge in [0.25, 0.3) is 0 Å². The lowest BCUT2D eigenvalue weighted by molar-refractivity contribution is 0.804. The Hall–Kier alpha value is -2.43. The predicted molar refractivity (Wildman–Crippen MR) is 77.4 cm³/mol. The summed E-state index contributed by atoms with van der Waals surface area (Å²) >= 11 is 0. The Labute approximate surface area is 117 Å². The van der Waals surface area contributed by atoms with Gasteiger partial charge in [0.15, 0.2) is 0 Å². The van der Waals surface area contributed by atoms with Gasteiger partial charge in [0.1, 0.15) is 0 Å². The molecule has 3 heterocycles. The summed E-state index contributed by atoms with van der Waals surface area (Å²) in [6.07, 6.45) is 3.63. The Kier molecular flexibility index (Phi) is 2.89. The highest BCUT2D eigenvalue weighted by Gasteiger charge is 2.08. The normalized spacial score (nSPS) is 11.0. The third-order valence-corrected chi connectivity index (χ3v) is 3.22. The summed E-state index contributed by atoms with van der Waals surface area (Å²) in [4.78, 5) is 4.32. The summed E-state index contributed by atoms with van der Waals surface area (Å²) in [5.74, 6) is 0. The van der Waals surface area contributed by atoms with Gasteiger partial charge in [0, 0.05) is 11.4 Å². The maximum absolute atomic E-state index is 4.49. The lowest BCUT2D eigenvalue weighted by atomic mass is 10.3. The second-order valence-corrected chi connectivity index (χ2v) is 5.08. The van der Waals surface area contributed by atoms with Gasteiger partial charge in [-0.1, -0.05) is 0 Å². The molecule has 0 N–H and O–H groups in total. The summed E-state index contributed by atoms with van der Waals surface area (Å²) in [6, 6.07) is 6.15. The molecular formula is C15H17N5. The molecule has 0 saturated heterocycles. The maximum atomic E-state index is 4.49. The molecule has 0 aromatic carbocycles. The van der Waals surface area contributed by atoms with Crippen LogP contribution in [0.4, 0.5) is 0 Å². The number of hydrogen-bond donors (Lipinski definition) is 0. The molecule has 0 unspecified atom stereocenters. The Morgan fingerprint density at radius 3 is 1.50 bits per heavy atom. The van der Waals surface area contributed by atoms with Crippen molar-refractivity contribution in [3.05, 3.63) is 53.4 Å². The molecule has 3 rings (SSSR count). The fourth-order valence-corrected chi connectivity index (χ4v) is 2.43. The summed E-state index contributed by atoms with van der Waals surface area (Å²) in [5.41, 5.74) is 6.07. The van der Waals surface area contributed by atoms with Crippen molar-refractivity contribution < 1.29 is 0 Å². The van der Waals surface area contributed by atoms with Gasteiger partial charge in [-0.05, 0) is 45.9 Å². The van der Waals surface area contributed by atoms with E-state index in [0.29, 0.717) is 0 Å². The Balaban J connectivity index is 2.10. The molecule has 3 aromatic heterocycles. The van der Waals surface area contributed by atoms with Gasteiger partial charge < -0.3 is 0 Å². The molecule has 0 radical (unpaired) electrons. The number of aryl methyl sites for hydroxylation is 4. The van der Waals surface area contributed by atoms with E-state index in [9.17, 15) is 0 Å². The van der Waals surface area contributed by atoms with Crippen LogP contribution in [0.1, 0.15) is 22.8 Å². The molecule has 0 fully saturated rings. The van der Waals surface area contributed by atoms with Crippen molar-refractivity contribution in [2.45, 2.75) is 27.7 Å². The van der Waals surface area contributed by atoms with Crippen molar-refractivity contribution in [2.24, 2.45) is 0 Å². The highest BCUT2D eigenvalue weighted by atomic mass is 15.3. The first-order valence-corrected chi connectivity index (χ1v) is 6.57. The SMILES string of the molecule is Cc1cc(C)n(-c2cncc(-n3nc(C)cc3C)c2)n1. The van der Waals surface area contributed by atoms with Crippen LogP contribution >= 0.6 is 0 Å². The van der Waals surface area contributed by atoms with Crippen LogP contribution in [-0.4, -0.2) is 24.5 Å². The number of hydrogen-bond acceptors (Lipinski definition) is 3. The predicted octanol–water partition coefficient (Wildman–Crippen LogP) is 2.69. The lowest BCUT2D eigenvalue weighted by Crippen LogP contribution is -2.04. The minimum absolute atomic E-state index is 0.945. The Bertz CT molecular complexity index is 705. The minimum Gasteiger partial charge on any atom is -0.260 e. The Morgan fingerprint density at radius 1 is 0.700 bits per heavy atom. The fourth-order valence-electron chi connectivity index (χ4n) is 2.43. The van der Waals surface area contributed by atoms with Crippen LogP contribution < -0.4 is 0 Å². The van der Waals surface area contributed by atoms with Crippen LogP contribution in [0.3, 0.4) is 0 Å². The zero-order chi connectivity index (χ0) is 14.3. The van der Waals surface area contributed by atoms with Crippen molar-refractivity contribution in [1.29, 1.82) is 0 Å². The van der Waals surface area contributed by atoms with Gasteiger partial charge in [-0.15, -0.1) is 0 Å². The van der Waals surface area contributed by atoms with E-state index in [1.54, 1.807) is 0 Å².